The minimum Gasteiger partial charge on any atom is -0.493 e. The van der Waals surface area contributed by atoms with Crippen LogP contribution in [0, 0.1) is 11.7 Å². The molecule has 1 aromatic heterocycles. The van der Waals surface area contributed by atoms with Crippen molar-refractivity contribution < 1.29 is 33.6 Å². The largest absolute Gasteiger partial charge is 0.493 e. The van der Waals surface area contributed by atoms with Crippen LogP contribution in [0.3, 0.4) is 0 Å². The number of halogens is 2. The lowest BCUT2D eigenvalue weighted by atomic mass is 9.85. The number of fused-ring (bicyclic) bond motifs is 1. The molecule has 0 bridgehead atoms. The maximum Gasteiger partial charge on any atom is 0.163 e. The second-order valence-corrected chi connectivity index (χ2v) is 10.4. The van der Waals surface area contributed by atoms with Gasteiger partial charge in [-0.25, -0.2) is 9.37 Å². The zero-order chi connectivity index (χ0) is 27.6. The molecule has 2 aromatic carbocycles. The van der Waals surface area contributed by atoms with E-state index in [0.29, 0.717) is 46.4 Å². The van der Waals surface area contributed by atoms with Gasteiger partial charge in [0.25, 0.3) is 0 Å². The Morgan fingerprint density at radius 3 is 2.74 bits per heavy atom. The molecule has 0 saturated heterocycles. The normalized spacial score (nSPS) is 16.1. The van der Waals surface area contributed by atoms with E-state index < -0.39 is 11.4 Å². The molecule has 1 atom stereocenters. The molecule has 2 N–H and O–H groups in total. The number of aromatic nitrogens is 1. The molecule has 7 nitrogen and oxygen atoms in total. The number of pyridine rings is 1. The second kappa shape index (κ2) is 11.5. The van der Waals surface area contributed by atoms with E-state index in [0.717, 1.165) is 31.2 Å². The van der Waals surface area contributed by atoms with Crippen molar-refractivity contribution in [3.63, 3.8) is 0 Å². The summed E-state index contributed by atoms with van der Waals surface area (Å²) in [4.78, 5) is 18.1. The number of aliphatic hydroxyl groups excluding tert-OH is 1. The van der Waals surface area contributed by atoms with Crippen LogP contribution in [-0.2, 0) is 12.0 Å². The summed E-state index contributed by atoms with van der Waals surface area (Å²) in [5, 5.41) is 21.0. The van der Waals surface area contributed by atoms with Crippen molar-refractivity contribution in [2.75, 3.05) is 26.9 Å². The summed E-state index contributed by atoms with van der Waals surface area (Å²) in [6.07, 6.45) is 3.56. The predicted molar refractivity (Wildman–Crippen MR) is 144 cm³/mol. The molecule has 39 heavy (non-hydrogen) atoms. The highest BCUT2D eigenvalue weighted by Gasteiger charge is 2.47. The third-order valence-corrected chi connectivity index (χ3v) is 7.63. The Bertz CT molecular complexity index is 1380. The van der Waals surface area contributed by atoms with Crippen molar-refractivity contribution in [1.29, 1.82) is 0 Å². The van der Waals surface area contributed by atoms with Crippen LogP contribution in [0.5, 0.6) is 17.2 Å². The number of ketones is 1. The van der Waals surface area contributed by atoms with Gasteiger partial charge in [-0.15, -0.1) is 0 Å². The molecule has 206 valence electrons. The number of benzene rings is 2. The molecule has 1 fully saturated rings. The molecule has 0 radical (unpaired) electrons. The molecule has 5 rings (SSSR count). The Labute approximate surface area is 231 Å². The van der Waals surface area contributed by atoms with E-state index in [1.54, 1.807) is 24.3 Å². The highest BCUT2D eigenvalue weighted by molar-refractivity contribution is 6.31. The van der Waals surface area contributed by atoms with Crippen molar-refractivity contribution >= 4 is 17.4 Å². The molecular formula is C30H31ClFNO6. The highest BCUT2D eigenvalue weighted by Crippen LogP contribution is 2.50. The van der Waals surface area contributed by atoms with Crippen LogP contribution < -0.4 is 14.2 Å². The summed E-state index contributed by atoms with van der Waals surface area (Å²) >= 11 is 6.08. The van der Waals surface area contributed by atoms with E-state index in [2.05, 4.69) is 0 Å². The van der Waals surface area contributed by atoms with Gasteiger partial charge >= 0.3 is 0 Å². The molecular weight excluding hydrogens is 525 g/mol. The van der Waals surface area contributed by atoms with Crippen molar-refractivity contribution in [2.24, 2.45) is 5.92 Å². The van der Waals surface area contributed by atoms with E-state index in [1.807, 2.05) is 6.07 Å². The minimum absolute atomic E-state index is 0.0180. The second-order valence-electron chi connectivity index (χ2n) is 9.98. The highest BCUT2D eigenvalue weighted by atomic mass is 35.5. The van der Waals surface area contributed by atoms with Crippen molar-refractivity contribution in [3.8, 4) is 28.5 Å². The molecule has 2 aliphatic rings. The summed E-state index contributed by atoms with van der Waals surface area (Å²) in [7, 11) is 1.48. The van der Waals surface area contributed by atoms with Gasteiger partial charge in [0.1, 0.15) is 29.5 Å². The molecule has 9 heteroatoms. The maximum absolute atomic E-state index is 13.9. The Balaban J connectivity index is 1.44. The fourth-order valence-electron chi connectivity index (χ4n) is 5.10. The Kier molecular flexibility index (Phi) is 8.07. The van der Waals surface area contributed by atoms with Gasteiger partial charge in [-0.3, -0.25) is 4.79 Å². The first-order valence-corrected chi connectivity index (χ1v) is 13.5. The number of methoxy groups -OCH3 is 1. The fraction of sp³-hybridized carbons (Fsp3) is 0.400. The average molecular weight is 556 g/mol. The molecule has 1 unspecified atom stereocenters. The van der Waals surface area contributed by atoms with Crippen LogP contribution in [-0.4, -0.2) is 47.9 Å². The fourth-order valence-corrected chi connectivity index (χ4v) is 5.28. The summed E-state index contributed by atoms with van der Waals surface area (Å²) in [6, 6.07) is 11.2. The first-order chi connectivity index (χ1) is 18.8. The number of Topliss-reactive ketones (excluding diaryl/α,β-unsaturated/α-hetero) is 1. The third-order valence-electron chi connectivity index (χ3n) is 7.34. The van der Waals surface area contributed by atoms with Crippen molar-refractivity contribution in [3.05, 3.63) is 70.1 Å². The number of hydrogen-bond acceptors (Lipinski definition) is 7. The monoisotopic (exact) mass is 555 g/mol. The van der Waals surface area contributed by atoms with E-state index >= 15 is 0 Å². The van der Waals surface area contributed by atoms with E-state index in [1.165, 1.54) is 19.2 Å². The van der Waals surface area contributed by atoms with Crippen LogP contribution >= 0.6 is 11.6 Å². The first-order valence-electron chi connectivity index (χ1n) is 13.1. The quantitative estimate of drug-likeness (QED) is 0.301. The lowest BCUT2D eigenvalue weighted by Crippen LogP contribution is -2.31. The molecule has 1 aliphatic heterocycles. The van der Waals surface area contributed by atoms with Gasteiger partial charge in [0, 0.05) is 17.5 Å². The lowest BCUT2D eigenvalue weighted by Gasteiger charge is -2.30. The van der Waals surface area contributed by atoms with Crippen LogP contribution in [0.2, 0.25) is 5.02 Å². The van der Waals surface area contributed by atoms with Gasteiger partial charge in [0.05, 0.1) is 31.0 Å². The van der Waals surface area contributed by atoms with E-state index in [-0.39, 0.29) is 42.8 Å². The van der Waals surface area contributed by atoms with Gasteiger partial charge in [-0.05, 0) is 86.1 Å². The molecule has 1 aliphatic carbocycles. The van der Waals surface area contributed by atoms with E-state index in [4.69, 9.17) is 35.9 Å². The summed E-state index contributed by atoms with van der Waals surface area (Å²) in [5.41, 5.74) is 1.66. The Morgan fingerprint density at radius 2 is 2.03 bits per heavy atom. The summed E-state index contributed by atoms with van der Waals surface area (Å²) in [5.74, 6) is 0.764. The third kappa shape index (κ3) is 5.73. The van der Waals surface area contributed by atoms with Gasteiger partial charge in [0.2, 0.25) is 0 Å². The zero-order valence-electron chi connectivity index (χ0n) is 21.7. The smallest absolute Gasteiger partial charge is 0.163 e. The molecule has 2 heterocycles. The van der Waals surface area contributed by atoms with Crippen LogP contribution in [0.1, 0.15) is 53.7 Å². The summed E-state index contributed by atoms with van der Waals surface area (Å²) < 4.78 is 30.7. The molecule has 1 saturated carbocycles. The van der Waals surface area contributed by atoms with Crippen LogP contribution in [0.25, 0.3) is 11.3 Å². The lowest BCUT2D eigenvalue weighted by molar-refractivity contribution is -0.00124. The first kappa shape index (κ1) is 27.4. The van der Waals surface area contributed by atoms with Crippen molar-refractivity contribution in [1.82, 2.24) is 4.98 Å². The van der Waals surface area contributed by atoms with Crippen LogP contribution in [0.4, 0.5) is 4.39 Å². The molecule has 0 spiro atoms. The number of carbonyl (C=O) groups is 1. The average Bonchev–Trinajstić information content (AvgIpc) is 3.82. The van der Waals surface area contributed by atoms with Gasteiger partial charge in [-0.2, -0.15) is 0 Å². The number of nitrogens with zero attached hydrogens (tertiary/aromatic N) is 1. The van der Waals surface area contributed by atoms with E-state index in [9.17, 15) is 14.3 Å². The number of hydrogen-bond donors (Lipinski definition) is 2. The number of carbonyl (C=O) groups excluding carboxylic acids is 1. The minimum atomic E-state index is -1.31. The van der Waals surface area contributed by atoms with Gasteiger partial charge in [-0.1, -0.05) is 11.6 Å². The zero-order valence-corrected chi connectivity index (χ0v) is 22.5. The standard InChI is InChI=1S/C30H31ClFNO6/c1-37-26-16-18(5-9-25(26)38-14-12-34)24(35)10-11-30(36,21-6-7-21)27-17-20-3-2-13-39-29(20)28(33-27)19-4-8-23(32)22(31)15-19/h4-5,8-9,15-17,21,34,36H,2-3,6-7,10-14H2,1H3. The Hall–Kier alpha value is -3.20. The van der Waals surface area contributed by atoms with Gasteiger partial charge in [0.15, 0.2) is 17.3 Å². The summed E-state index contributed by atoms with van der Waals surface area (Å²) in [6.45, 7) is 0.524. The van der Waals surface area contributed by atoms with Crippen molar-refractivity contribution in [2.45, 2.75) is 44.1 Å². The number of rotatable bonds is 11. The topological polar surface area (TPSA) is 98.1 Å². The van der Waals surface area contributed by atoms with Crippen LogP contribution in [0.15, 0.2) is 42.5 Å². The molecule has 3 aromatic rings. The Morgan fingerprint density at radius 1 is 1.21 bits per heavy atom. The maximum atomic E-state index is 13.9. The predicted octanol–water partition coefficient (Wildman–Crippen LogP) is 5.51. The van der Waals surface area contributed by atoms with Gasteiger partial charge < -0.3 is 24.4 Å². The number of aryl methyl sites for hydroxylation is 1. The SMILES string of the molecule is COc1cc(C(=O)CCC(O)(c2cc3c(c(-c4ccc(F)c(Cl)c4)n2)OCCC3)C2CC2)ccc1OCCO. The number of ether oxygens (including phenoxy) is 3. The molecule has 0 amide bonds. The number of aliphatic hydroxyl groups is 2.